The van der Waals surface area contributed by atoms with Gasteiger partial charge < -0.3 is 10.4 Å². The summed E-state index contributed by atoms with van der Waals surface area (Å²) in [5, 5.41) is 11.4. The molecule has 1 aliphatic heterocycles. The topological polar surface area (TPSA) is 104 Å². The third-order valence-corrected chi connectivity index (χ3v) is 5.46. The fourth-order valence-corrected chi connectivity index (χ4v) is 4.30. The van der Waals surface area contributed by atoms with Crippen molar-refractivity contribution in [3.8, 4) is 0 Å². The van der Waals surface area contributed by atoms with Gasteiger partial charge in [-0.2, -0.15) is 4.31 Å². The average Bonchev–Trinajstić information content (AvgIpc) is 2.66. The molecule has 0 aromatic rings. The molecule has 1 saturated heterocycles. The molecule has 2 atom stereocenters. The maximum atomic E-state index is 12.3. The summed E-state index contributed by atoms with van der Waals surface area (Å²) in [4.78, 5) is 22.9. The quantitative estimate of drug-likeness (QED) is 0.707. The summed E-state index contributed by atoms with van der Waals surface area (Å²) < 4.78 is 25.2. The number of carbonyl (C=O) groups excluding carboxylic acids is 1. The van der Waals surface area contributed by atoms with Gasteiger partial charge in [-0.25, -0.2) is 8.42 Å². The van der Waals surface area contributed by atoms with E-state index in [9.17, 15) is 18.0 Å². The maximum absolute atomic E-state index is 12.3. The Balaban J connectivity index is 2.73. The summed E-state index contributed by atoms with van der Waals surface area (Å²) in [6, 6.07) is -1.04. The van der Waals surface area contributed by atoms with E-state index in [1.165, 1.54) is 4.31 Å². The molecule has 2 unspecified atom stereocenters. The first-order valence-corrected chi connectivity index (χ1v) is 8.77. The van der Waals surface area contributed by atoms with Crippen molar-refractivity contribution >= 4 is 21.9 Å². The Morgan fingerprint density at radius 2 is 1.90 bits per heavy atom. The number of aliphatic carboxylic acids is 1. The third kappa shape index (κ3) is 4.96. The van der Waals surface area contributed by atoms with Gasteiger partial charge in [0.2, 0.25) is 15.9 Å². The summed E-state index contributed by atoms with van der Waals surface area (Å²) in [6.45, 7) is 5.69. The maximum Gasteiger partial charge on any atom is 0.303 e. The van der Waals surface area contributed by atoms with E-state index >= 15 is 0 Å². The summed E-state index contributed by atoms with van der Waals surface area (Å²) in [5.41, 5.74) is 0. The van der Waals surface area contributed by atoms with Gasteiger partial charge in [-0.3, -0.25) is 9.59 Å². The molecule has 0 aliphatic carbocycles. The molecule has 1 amide bonds. The van der Waals surface area contributed by atoms with Gasteiger partial charge in [0.05, 0.1) is 5.75 Å². The van der Waals surface area contributed by atoms with Crippen LogP contribution in [-0.4, -0.2) is 54.1 Å². The Hall–Kier alpha value is -1.15. The van der Waals surface area contributed by atoms with Gasteiger partial charge >= 0.3 is 5.97 Å². The molecule has 0 bridgehead atoms. The smallest absolute Gasteiger partial charge is 0.303 e. The lowest BCUT2D eigenvalue weighted by Crippen LogP contribution is -2.52. The number of nitrogens with one attached hydrogen (secondary N) is 1. The second-order valence-corrected chi connectivity index (χ2v) is 7.85. The highest BCUT2D eigenvalue weighted by Crippen LogP contribution is 2.22. The number of carboxylic acid groups (broad SMARTS) is 1. The molecule has 122 valence electrons. The second kappa shape index (κ2) is 7.22. The van der Waals surface area contributed by atoms with E-state index in [1.807, 2.05) is 0 Å². The van der Waals surface area contributed by atoms with Crippen LogP contribution >= 0.6 is 0 Å². The normalized spacial score (nSPS) is 21.1. The van der Waals surface area contributed by atoms with E-state index in [2.05, 4.69) is 5.32 Å². The predicted octanol–water partition coefficient (Wildman–Crippen LogP) is 0.416. The van der Waals surface area contributed by atoms with Gasteiger partial charge in [0, 0.05) is 19.0 Å². The van der Waals surface area contributed by atoms with Crippen LogP contribution in [-0.2, 0) is 19.6 Å². The summed E-state index contributed by atoms with van der Waals surface area (Å²) in [5.74, 6) is -1.34. The summed E-state index contributed by atoms with van der Waals surface area (Å²) >= 11 is 0. The number of carbonyl (C=O) groups is 2. The fraction of sp³-hybridized carbons (Fsp3) is 0.846. The predicted molar refractivity (Wildman–Crippen MR) is 78.2 cm³/mol. The molecule has 0 saturated carbocycles. The molecule has 1 heterocycles. The van der Waals surface area contributed by atoms with Crippen molar-refractivity contribution in [2.24, 2.45) is 5.92 Å². The molecule has 8 heteroatoms. The van der Waals surface area contributed by atoms with Crippen molar-refractivity contribution in [3.63, 3.8) is 0 Å². The van der Waals surface area contributed by atoms with Crippen molar-refractivity contribution in [2.45, 2.75) is 52.1 Å². The lowest BCUT2D eigenvalue weighted by Gasteiger charge is -2.29. The Morgan fingerprint density at radius 3 is 2.33 bits per heavy atom. The van der Waals surface area contributed by atoms with Gasteiger partial charge in [-0.1, -0.05) is 13.8 Å². The third-order valence-electron chi connectivity index (χ3n) is 3.53. The van der Waals surface area contributed by atoms with Crippen LogP contribution in [0, 0.1) is 5.92 Å². The van der Waals surface area contributed by atoms with Crippen molar-refractivity contribution in [1.82, 2.24) is 9.62 Å². The Bertz CT molecular complexity index is 489. The minimum absolute atomic E-state index is 0.0319. The van der Waals surface area contributed by atoms with Crippen LogP contribution in [0.15, 0.2) is 0 Å². The van der Waals surface area contributed by atoms with Crippen molar-refractivity contribution in [1.29, 1.82) is 0 Å². The number of hydrogen-bond acceptors (Lipinski definition) is 4. The molecule has 2 N–H and O–H groups in total. The number of sulfonamides is 1. The van der Waals surface area contributed by atoms with Crippen molar-refractivity contribution < 1.29 is 23.1 Å². The van der Waals surface area contributed by atoms with Gasteiger partial charge in [-0.05, 0) is 25.7 Å². The largest absolute Gasteiger partial charge is 0.481 e. The molecule has 7 nitrogen and oxygen atoms in total. The molecule has 1 rings (SSSR count). The highest BCUT2D eigenvalue weighted by atomic mass is 32.2. The lowest BCUT2D eigenvalue weighted by molar-refractivity contribution is -0.137. The molecule has 1 aliphatic rings. The SMILES string of the molecule is CC(CCC(=O)O)NC(=O)C(C(C)C)N1CCCS1(=O)=O. The number of carboxylic acids is 1. The fourth-order valence-electron chi connectivity index (χ4n) is 2.48. The van der Waals surface area contributed by atoms with E-state index in [-0.39, 0.29) is 30.0 Å². The van der Waals surface area contributed by atoms with Gasteiger partial charge in [0.1, 0.15) is 6.04 Å². The van der Waals surface area contributed by atoms with Crippen LogP contribution in [0.1, 0.15) is 40.0 Å². The number of hydrogen-bond donors (Lipinski definition) is 2. The van der Waals surface area contributed by atoms with Crippen LogP contribution in [0.4, 0.5) is 0 Å². The number of nitrogens with zero attached hydrogens (tertiary/aromatic N) is 1. The van der Waals surface area contributed by atoms with Crippen LogP contribution in [0.3, 0.4) is 0 Å². The van der Waals surface area contributed by atoms with E-state index in [0.717, 1.165) is 0 Å². The number of rotatable bonds is 7. The second-order valence-electron chi connectivity index (χ2n) is 5.81. The van der Waals surface area contributed by atoms with E-state index in [4.69, 9.17) is 5.11 Å². The summed E-state index contributed by atoms with van der Waals surface area (Å²) in [7, 11) is -3.36. The molecule has 1 fully saturated rings. The van der Waals surface area contributed by atoms with Crippen LogP contribution in [0.2, 0.25) is 0 Å². The highest BCUT2D eigenvalue weighted by Gasteiger charge is 2.40. The van der Waals surface area contributed by atoms with Crippen LogP contribution < -0.4 is 5.32 Å². The van der Waals surface area contributed by atoms with E-state index in [1.54, 1.807) is 20.8 Å². The van der Waals surface area contributed by atoms with Crippen molar-refractivity contribution in [2.75, 3.05) is 12.3 Å². The minimum Gasteiger partial charge on any atom is -0.481 e. The lowest BCUT2D eigenvalue weighted by atomic mass is 10.0. The first-order chi connectivity index (χ1) is 9.65. The Labute approximate surface area is 125 Å². The molecular formula is C13H24N2O5S. The molecule has 0 aromatic carbocycles. The van der Waals surface area contributed by atoms with E-state index in [0.29, 0.717) is 19.4 Å². The number of amides is 1. The Kier molecular flexibility index (Phi) is 6.15. The first-order valence-electron chi connectivity index (χ1n) is 7.17. The highest BCUT2D eigenvalue weighted by molar-refractivity contribution is 7.89. The van der Waals surface area contributed by atoms with Crippen LogP contribution in [0.5, 0.6) is 0 Å². The monoisotopic (exact) mass is 320 g/mol. The summed E-state index contributed by atoms with van der Waals surface area (Å²) in [6.07, 6.45) is 0.821. The first kappa shape index (κ1) is 17.9. The molecule has 0 aromatic heterocycles. The molecule has 21 heavy (non-hydrogen) atoms. The standard InChI is InChI=1S/C13H24N2O5S/c1-9(2)12(15-7-4-8-21(15,19)20)13(18)14-10(3)5-6-11(16)17/h9-10,12H,4-8H2,1-3H3,(H,14,18)(H,16,17). The Morgan fingerprint density at radius 1 is 1.29 bits per heavy atom. The van der Waals surface area contributed by atoms with E-state index < -0.39 is 22.0 Å². The van der Waals surface area contributed by atoms with Crippen LogP contribution in [0.25, 0.3) is 0 Å². The molecule has 0 spiro atoms. The van der Waals surface area contributed by atoms with Gasteiger partial charge in [0.25, 0.3) is 0 Å². The zero-order chi connectivity index (χ0) is 16.2. The molecule has 0 radical (unpaired) electrons. The average molecular weight is 320 g/mol. The zero-order valence-corrected chi connectivity index (χ0v) is 13.5. The van der Waals surface area contributed by atoms with Crippen molar-refractivity contribution in [3.05, 3.63) is 0 Å². The van der Waals surface area contributed by atoms with Gasteiger partial charge in [-0.15, -0.1) is 0 Å². The molecular weight excluding hydrogens is 296 g/mol. The zero-order valence-electron chi connectivity index (χ0n) is 12.7. The van der Waals surface area contributed by atoms with Gasteiger partial charge in [0.15, 0.2) is 0 Å². The minimum atomic E-state index is -3.36.